The smallest absolute Gasteiger partial charge is 0.0594 e. The summed E-state index contributed by atoms with van der Waals surface area (Å²) in [5, 5.41) is 3.65. The fraction of sp³-hybridized carbons (Fsp3) is 0.647. The van der Waals surface area contributed by atoms with Gasteiger partial charge in [0.25, 0.3) is 0 Å². The molecule has 1 aromatic carbocycles. The third-order valence-electron chi connectivity index (χ3n) is 4.60. The Morgan fingerprint density at radius 1 is 1.20 bits per heavy atom. The van der Waals surface area contributed by atoms with Gasteiger partial charge in [0.2, 0.25) is 0 Å². The van der Waals surface area contributed by atoms with Crippen LogP contribution in [-0.4, -0.2) is 44.3 Å². The third kappa shape index (κ3) is 3.40. The first kappa shape index (κ1) is 14.1. The molecule has 1 fully saturated rings. The van der Waals surface area contributed by atoms with Crippen LogP contribution in [0.1, 0.15) is 36.1 Å². The Kier molecular flexibility index (Phi) is 4.71. The van der Waals surface area contributed by atoms with Gasteiger partial charge in [-0.05, 0) is 42.9 Å². The lowest BCUT2D eigenvalue weighted by Gasteiger charge is -2.27. The van der Waals surface area contributed by atoms with Crippen molar-refractivity contribution in [2.75, 3.05) is 39.4 Å². The van der Waals surface area contributed by atoms with Crippen molar-refractivity contribution in [2.45, 2.75) is 32.2 Å². The first-order valence-electron chi connectivity index (χ1n) is 7.98. The van der Waals surface area contributed by atoms with Gasteiger partial charge in [0.1, 0.15) is 0 Å². The van der Waals surface area contributed by atoms with Crippen LogP contribution in [0.5, 0.6) is 0 Å². The van der Waals surface area contributed by atoms with Gasteiger partial charge >= 0.3 is 0 Å². The van der Waals surface area contributed by atoms with Crippen molar-refractivity contribution in [1.29, 1.82) is 0 Å². The van der Waals surface area contributed by atoms with Gasteiger partial charge in [-0.2, -0.15) is 0 Å². The van der Waals surface area contributed by atoms with Gasteiger partial charge in [-0.25, -0.2) is 0 Å². The molecular weight excluding hydrogens is 248 g/mol. The second kappa shape index (κ2) is 6.70. The Labute approximate surface area is 122 Å². The van der Waals surface area contributed by atoms with Gasteiger partial charge in [-0.1, -0.05) is 18.2 Å². The number of hydrogen-bond donors (Lipinski definition) is 1. The maximum absolute atomic E-state index is 5.38. The van der Waals surface area contributed by atoms with Crippen LogP contribution in [0.3, 0.4) is 0 Å². The predicted molar refractivity (Wildman–Crippen MR) is 82.1 cm³/mol. The average molecular weight is 274 g/mol. The molecule has 0 bridgehead atoms. The molecule has 2 aliphatic rings. The number of hydrogen-bond acceptors (Lipinski definition) is 3. The number of nitrogens with zero attached hydrogens (tertiary/aromatic N) is 1. The van der Waals surface area contributed by atoms with Gasteiger partial charge in [-0.3, -0.25) is 4.90 Å². The summed E-state index contributed by atoms with van der Waals surface area (Å²) in [5.41, 5.74) is 4.58. The van der Waals surface area contributed by atoms with Crippen LogP contribution >= 0.6 is 0 Å². The van der Waals surface area contributed by atoms with Crippen molar-refractivity contribution < 1.29 is 4.74 Å². The second-order valence-corrected chi connectivity index (χ2v) is 6.01. The number of fused-ring (bicyclic) bond motifs is 1. The van der Waals surface area contributed by atoms with E-state index in [0.29, 0.717) is 6.04 Å². The van der Waals surface area contributed by atoms with E-state index in [2.05, 4.69) is 35.3 Å². The fourth-order valence-electron chi connectivity index (χ4n) is 3.24. The fourth-order valence-corrected chi connectivity index (χ4v) is 3.24. The monoisotopic (exact) mass is 274 g/mol. The lowest BCUT2D eigenvalue weighted by molar-refractivity contribution is 0.0382. The van der Waals surface area contributed by atoms with Gasteiger partial charge in [0.15, 0.2) is 0 Å². The molecule has 3 heteroatoms. The van der Waals surface area contributed by atoms with Crippen molar-refractivity contribution in [2.24, 2.45) is 0 Å². The molecular formula is C17H26N2O. The highest BCUT2D eigenvalue weighted by molar-refractivity contribution is 5.36. The number of ether oxygens (including phenoxy) is 1. The van der Waals surface area contributed by atoms with Gasteiger partial charge in [0.05, 0.1) is 13.2 Å². The molecule has 0 spiro atoms. The van der Waals surface area contributed by atoms with E-state index in [1.165, 1.54) is 24.8 Å². The maximum Gasteiger partial charge on any atom is 0.0594 e. The quantitative estimate of drug-likeness (QED) is 0.890. The molecule has 1 aromatic rings. The van der Waals surface area contributed by atoms with Crippen molar-refractivity contribution in [3.63, 3.8) is 0 Å². The summed E-state index contributed by atoms with van der Waals surface area (Å²) in [5.74, 6) is 0. The topological polar surface area (TPSA) is 24.5 Å². The van der Waals surface area contributed by atoms with E-state index in [1.807, 2.05) is 0 Å². The molecule has 1 atom stereocenters. The lowest BCUT2D eigenvalue weighted by Crippen LogP contribution is -2.40. The van der Waals surface area contributed by atoms with Crippen LogP contribution in [0.4, 0.5) is 0 Å². The van der Waals surface area contributed by atoms with Crippen LogP contribution in [0.2, 0.25) is 0 Å². The molecule has 1 heterocycles. The number of rotatable bonds is 5. The molecule has 0 radical (unpaired) electrons. The minimum absolute atomic E-state index is 0.446. The highest BCUT2D eigenvalue weighted by atomic mass is 16.5. The first-order chi connectivity index (χ1) is 9.83. The molecule has 1 aliphatic carbocycles. The SMILES string of the molecule is CC(NCCN1CCOCC1)c1ccc2c(c1)CCC2. The highest BCUT2D eigenvalue weighted by Gasteiger charge is 2.14. The number of aryl methyl sites for hydroxylation is 2. The Bertz CT molecular complexity index is 441. The van der Waals surface area contributed by atoms with Crippen LogP contribution in [0.15, 0.2) is 18.2 Å². The van der Waals surface area contributed by atoms with E-state index in [1.54, 1.807) is 11.1 Å². The molecule has 20 heavy (non-hydrogen) atoms. The molecule has 1 N–H and O–H groups in total. The summed E-state index contributed by atoms with van der Waals surface area (Å²) in [6.45, 7) is 8.39. The molecule has 1 saturated heterocycles. The normalized spacial score (nSPS) is 20.9. The van der Waals surface area contributed by atoms with E-state index in [4.69, 9.17) is 4.74 Å². The molecule has 110 valence electrons. The second-order valence-electron chi connectivity index (χ2n) is 6.01. The molecule has 0 amide bonds. The predicted octanol–water partition coefficient (Wildman–Crippen LogP) is 2.16. The van der Waals surface area contributed by atoms with Crippen molar-refractivity contribution in [3.8, 4) is 0 Å². The Morgan fingerprint density at radius 2 is 2.00 bits per heavy atom. The minimum atomic E-state index is 0.446. The van der Waals surface area contributed by atoms with Crippen molar-refractivity contribution in [1.82, 2.24) is 10.2 Å². The van der Waals surface area contributed by atoms with E-state index in [-0.39, 0.29) is 0 Å². The van der Waals surface area contributed by atoms with E-state index < -0.39 is 0 Å². The minimum Gasteiger partial charge on any atom is -0.379 e. The Hall–Kier alpha value is -0.900. The van der Waals surface area contributed by atoms with E-state index in [9.17, 15) is 0 Å². The molecule has 0 saturated carbocycles. The van der Waals surface area contributed by atoms with E-state index in [0.717, 1.165) is 39.4 Å². The zero-order valence-corrected chi connectivity index (χ0v) is 12.5. The first-order valence-corrected chi connectivity index (χ1v) is 7.98. The van der Waals surface area contributed by atoms with E-state index >= 15 is 0 Å². The number of nitrogens with one attached hydrogen (secondary N) is 1. The summed E-state index contributed by atoms with van der Waals surface area (Å²) in [4.78, 5) is 2.48. The largest absolute Gasteiger partial charge is 0.379 e. The van der Waals surface area contributed by atoms with Crippen molar-refractivity contribution >= 4 is 0 Å². The van der Waals surface area contributed by atoms with Crippen LogP contribution in [-0.2, 0) is 17.6 Å². The number of benzene rings is 1. The Morgan fingerprint density at radius 3 is 2.85 bits per heavy atom. The Balaban J connectivity index is 1.47. The summed E-state index contributed by atoms with van der Waals surface area (Å²) in [7, 11) is 0. The van der Waals surface area contributed by atoms with Crippen LogP contribution in [0.25, 0.3) is 0 Å². The molecule has 3 rings (SSSR count). The summed E-state index contributed by atoms with van der Waals surface area (Å²) < 4.78 is 5.38. The van der Waals surface area contributed by atoms with Gasteiger partial charge < -0.3 is 10.1 Å². The summed E-state index contributed by atoms with van der Waals surface area (Å²) >= 11 is 0. The maximum atomic E-state index is 5.38. The van der Waals surface area contributed by atoms with Crippen LogP contribution in [0, 0.1) is 0 Å². The summed E-state index contributed by atoms with van der Waals surface area (Å²) in [6.07, 6.45) is 3.87. The lowest BCUT2D eigenvalue weighted by atomic mass is 10.0. The zero-order valence-electron chi connectivity index (χ0n) is 12.5. The third-order valence-corrected chi connectivity index (χ3v) is 4.60. The molecule has 3 nitrogen and oxygen atoms in total. The molecule has 1 aliphatic heterocycles. The highest BCUT2D eigenvalue weighted by Crippen LogP contribution is 2.25. The standard InChI is InChI=1S/C17H26N2O/c1-14(18-7-8-19-9-11-20-12-10-19)16-6-5-15-3-2-4-17(15)13-16/h5-6,13-14,18H,2-4,7-12H2,1H3. The molecule has 0 aromatic heterocycles. The summed E-state index contributed by atoms with van der Waals surface area (Å²) in [6, 6.07) is 7.49. The zero-order chi connectivity index (χ0) is 13.8. The van der Waals surface area contributed by atoms with Crippen LogP contribution < -0.4 is 5.32 Å². The molecule has 1 unspecified atom stereocenters. The van der Waals surface area contributed by atoms with Gasteiger partial charge in [0, 0.05) is 32.2 Å². The van der Waals surface area contributed by atoms with Gasteiger partial charge in [-0.15, -0.1) is 0 Å². The average Bonchev–Trinajstić information content (AvgIpc) is 2.95. The number of morpholine rings is 1. The van der Waals surface area contributed by atoms with Crippen molar-refractivity contribution in [3.05, 3.63) is 34.9 Å².